The van der Waals surface area contributed by atoms with Gasteiger partial charge in [-0.25, -0.2) is 4.39 Å². The molecule has 0 saturated carbocycles. The van der Waals surface area contributed by atoms with Crippen molar-refractivity contribution < 1.29 is 4.39 Å². The molecule has 1 aliphatic carbocycles. The molecule has 0 bridgehead atoms. The van der Waals surface area contributed by atoms with Gasteiger partial charge in [-0.05, 0) is 57.9 Å². The van der Waals surface area contributed by atoms with E-state index in [0.717, 1.165) is 18.4 Å². The highest BCUT2D eigenvalue weighted by atomic mass is 79.9. The lowest BCUT2D eigenvalue weighted by molar-refractivity contribution is 0.433. The molecular formula is C17H18BrFN2. The number of nitrogens with one attached hydrogen (secondary N) is 1. The molecule has 0 spiro atoms. The van der Waals surface area contributed by atoms with Crippen molar-refractivity contribution in [3.8, 4) is 0 Å². The molecule has 0 saturated heterocycles. The standard InChI is InChI=1S/C17H18BrFN2/c18-17-12(5-3-7-15(17)19)10-16(21-20)14-9-8-11-4-1-2-6-13(11)14/h1-7,14,16,21H,8-10,20H2. The Balaban J connectivity index is 1.85. The number of aryl methyl sites for hydroxylation is 1. The zero-order valence-electron chi connectivity index (χ0n) is 11.7. The zero-order valence-corrected chi connectivity index (χ0v) is 13.2. The van der Waals surface area contributed by atoms with E-state index in [0.29, 0.717) is 16.8 Å². The SMILES string of the molecule is NNC(Cc1cccc(F)c1Br)C1CCc2ccccc21. The van der Waals surface area contributed by atoms with Crippen LogP contribution in [0.5, 0.6) is 0 Å². The van der Waals surface area contributed by atoms with Crippen LogP contribution >= 0.6 is 15.9 Å². The van der Waals surface area contributed by atoms with E-state index in [1.54, 1.807) is 6.07 Å². The van der Waals surface area contributed by atoms with Gasteiger partial charge in [-0.1, -0.05) is 36.4 Å². The Kier molecular flexibility index (Phi) is 4.38. The lowest BCUT2D eigenvalue weighted by atomic mass is 9.89. The van der Waals surface area contributed by atoms with Gasteiger partial charge in [0.15, 0.2) is 0 Å². The second kappa shape index (κ2) is 6.26. The molecule has 2 aromatic carbocycles. The lowest BCUT2D eigenvalue weighted by Crippen LogP contribution is -2.41. The maximum atomic E-state index is 13.7. The van der Waals surface area contributed by atoms with Gasteiger partial charge in [0.05, 0.1) is 4.47 Å². The number of benzene rings is 2. The number of nitrogens with two attached hydrogens (primary N) is 1. The molecule has 2 nitrogen and oxygen atoms in total. The van der Waals surface area contributed by atoms with Gasteiger partial charge in [-0.3, -0.25) is 11.3 Å². The third kappa shape index (κ3) is 2.89. The second-order valence-electron chi connectivity index (χ2n) is 5.53. The number of rotatable bonds is 4. The first kappa shape index (κ1) is 14.7. The summed E-state index contributed by atoms with van der Waals surface area (Å²) in [6.07, 6.45) is 2.87. The van der Waals surface area contributed by atoms with Gasteiger partial charge < -0.3 is 0 Å². The van der Waals surface area contributed by atoms with Crippen LogP contribution in [0.3, 0.4) is 0 Å². The predicted molar refractivity (Wildman–Crippen MR) is 86.4 cm³/mol. The number of hydrogen-bond donors (Lipinski definition) is 2. The van der Waals surface area contributed by atoms with Crippen molar-refractivity contribution in [2.45, 2.75) is 31.2 Å². The third-order valence-electron chi connectivity index (χ3n) is 4.35. The first-order valence-corrected chi connectivity index (χ1v) is 7.97. The van der Waals surface area contributed by atoms with Crippen LogP contribution in [0.4, 0.5) is 4.39 Å². The quantitative estimate of drug-likeness (QED) is 0.653. The summed E-state index contributed by atoms with van der Waals surface area (Å²) in [5.74, 6) is 5.94. The third-order valence-corrected chi connectivity index (χ3v) is 5.24. The molecule has 0 heterocycles. The topological polar surface area (TPSA) is 38.0 Å². The minimum Gasteiger partial charge on any atom is -0.271 e. The molecule has 0 amide bonds. The first-order valence-electron chi connectivity index (χ1n) is 7.17. The Hall–Kier alpha value is -1.23. The summed E-state index contributed by atoms with van der Waals surface area (Å²) < 4.78 is 14.2. The molecule has 2 atom stereocenters. The van der Waals surface area contributed by atoms with Gasteiger partial charge in [0.25, 0.3) is 0 Å². The smallest absolute Gasteiger partial charge is 0.137 e. The molecule has 2 aromatic rings. The minimum absolute atomic E-state index is 0.103. The number of hydrogen-bond acceptors (Lipinski definition) is 2. The van der Waals surface area contributed by atoms with Crippen molar-refractivity contribution in [2.24, 2.45) is 5.84 Å². The van der Waals surface area contributed by atoms with Crippen LogP contribution in [0.25, 0.3) is 0 Å². The van der Waals surface area contributed by atoms with E-state index in [2.05, 4.69) is 45.6 Å². The Morgan fingerprint density at radius 1 is 1.24 bits per heavy atom. The average molecular weight is 349 g/mol. The van der Waals surface area contributed by atoms with Crippen LogP contribution in [0, 0.1) is 5.82 Å². The summed E-state index contributed by atoms with van der Waals surface area (Å²) in [6.45, 7) is 0. The van der Waals surface area contributed by atoms with Crippen molar-refractivity contribution in [1.29, 1.82) is 0 Å². The largest absolute Gasteiger partial charge is 0.271 e. The highest BCUT2D eigenvalue weighted by Gasteiger charge is 2.29. The fourth-order valence-corrected chi connectivity index (χ4v) is 3.69. The first-order chi connectivity index (χ1) is 10.2. The summed E-state index contributed by atoms with van der Waals surface area (Å²) in [4.78, 5) is 0. The Bertz CT molecular complexity index is 644. The van der Waals surface area contributed by atoms with E-state index in [1.165, 1.54) is 17.2 Å². The molecule has 110 valence electrons. The number of fused-ring (bicyclic) bond motifs is 1. The molecule has 4 heteroatoms. The van der Waals surface area contributed by atoms with Crippen LogP contribution in [0.1, 0.15) is 29.0 Å². The van der Waals surface area contributed by atoms with Gasteiger partial charge in [-0.2, -0.15) is 0 Å². The molecule has 1 aliphatic rings. The van der Waals surface area contributed by atoms with E-state index < -0.39 is 0 Å². The molecule has 3 rings (SSSR count). The van der Waals surface area contributed by atoms with E-state index in [1.807, 2.05) is 6.07 Å². The maximum Gasteiger partial charge on any atom is 0.137 e. The van der Waals surface area contributed by atoms with E-state index >= 15 is 0 Å². The van der Waals surface area contributed by atoms with Gasteiger partial charge in [0.1, 0.15) is 5.82 Å². The van der Waals surface area contributed by atoms with Gasteiger partial charge >= 0.3 is 0 Å². The van der Waals surface area contributed by atoms with E-state index in [9.17, 15) is 4.39 Å². The van der Waals surface area contributed by atoms with Crippen molar-refractivity contribution in [2.75, 3.05) is 0 Å². The monoisotopic (exact) mass is 348 g/mol. The fraction of sp³-hybridized carbons (Fsp3) is 0.294. The van der Waals surface area contributed by atoms with Crippen LogP contribution in [-0.4, -0.2) is 6.04 Å². The Morgan fingerprint density at radius 3 is 2.86 bits per heavy atom. The lowest BCUT2D eigenvalue weighted by Gasteiger charge is -2.24. The summed E-state index contributed by atoms with van der Waals surface area (Å²) in [7, 11) is 0. The Morgan fingerprint density at radius 2 is 2.05 bits per heavy atom. The van der Waals surface area contributed by atoms with Crippen molar-refractivity contribution in [3.05, 3.63) is 69.4 Å². The molecule has 21 heavy (non-hydrogen) atoms. The zero-order chi connectivity index (χ0) is 14.8. The second-order valence-corrected chi connectivity index (χ2v) is 6.33. The van der Waals surface area contributed by atoms with E-state index in [4.69, 9.17) is 5.84 Å². The molecule has 0 aromatic heterocycles. The molecule has 3 N–H and O–H groups in total. The summed E-state index contributed by atoms with van der Waals surface area (Å²) in [5, 5.41) is 0. The predicted octanol–water partition coefficient (Wildman–Crippen LogP) is 3.69. The maximum absolute atomic E-state index is 13.7. The molecular weight excluding hydrogens is 331 g/mol. The van der Waals surface area contributed by atoms with E-state index in [-0.39, 0.29) is 11.9 Å². The van der Waals surface area contributed by atoms with Crippen molar-refractivity contribution in [3.63, 3.8) is 0 Å². The van der Waals surface area contributed by atoms with Crippen molar-refractivity contribution in [1.82, 2.24) is 5.43 Å². The normalized spacial score (nSPS) is 18.5. The molecule has 0 aliphatic heterocycles. The fourth-order valence-electron chi connectivity index (χ4n) is 3.27. The highest BCUT2D eigenvalue weighted by Crippen LogP contribution is 2.36. The molecule has 0 radical (unpaired) electrons. The van der Waals surface area contributed by atoms with Gasteiger partial charge in [0, 0.05) is 12.0 Å². The van der Waals surface area contributed by atoms with Crippen LogP contribution in [0.15, 0.2) is 46.9 Å². The highest BCUT2D eigenvalue weighted by molar-refractivity contribution is 9.10. The summed E-state index contributed by atoms with van der Waals surface area (Å²) >= 11 is 3.33. The van der Waals surface area contributed by atoms with Gasteiger partial charge in [0.2, 0.25) is 0 Å². The number of hydrazine groups is 1. The summed E-state index contributed by atoms with van der Waals surface area (Å²) in [6, 6.07) is 13.8. The average Bonchev–Trinajstić information content (AvgIpc) is 2.93. The van der Waals surface area contributed by atoms with Crippen LogP contribution < -0.4 is 11.3 Å². The number of halogens is 2. The minimum atomic E-state index is -0.227. The van der Waals surface area contributed by atoms with Crippen molar-refractivity contribution >= 4 is 15.9 Å². The van der Waals surface area contributed by atoms with Gasteiger partial charge in [-0.15, -0.1) is 0 Å². The van der Waals surface area contributed by atoms with Crippen LogP contribution in [-0.2, 0) is 12.8 Å². The molecule has 0 fully saturated rings. The van der Waals surface area contributed by atoms with Crippen LogP contribution in [0.2, 0.25) is 0 Å². The summed E-state index contributed by atoms with van der Waals surface area (Å²) in [5.41, 5.74) is 6.66. The Labute approximate surface area is 132 Å². The molecule has 2 unspecified atom stereocenters.